The molecule has 0 radical (unpaired) electrons. The Morgan fingerprint density at radius 1 is 1.61 bits per heavy atom. The minimum absolute atomic E-state index is 0.0979. The molecule has 3 N–H and O–H groups in total. The molecule has 1 aliphatic heterocycles. The first kappa shape index (κ1) is 13.3. The Morgan fingerprint density at radius 3 is 2.83 bits per heavy atom. The number of aliphatic hydroxyl groups is 2. The molecule has 2 heterocycles. The fraction of sp³-hybridized carbons (Fsp3) is 0.600. The second kappa shape index (κ2) is 4.85. The SMILES string of the molecule is O=c1ccn([C@H]2C[C@H](O)[C@](CO)(CCl)O2)c(=O)[nH]1. The summed E-state index contributed by atoms with van der Waals surface area (Å²) in [6, 6.07) is 1.18. The van der Waals surface area contributed by atoms with Crippen molar-refractivity contribution in [2.45, 2.75) is 24.4 Å². The van der Waals surface area contributed by atoms with Crippen LogP contribution in [0.15, 0.2) is 21.9 Å². The van der Waals surface area contributed by atoms with Gasteiger partial charge in [0.2, 0.25) is 0 Å². The molecule has 8 heteroatoms. The van der Waals surface area contributed by atoms with Crippen LogP contribution in [0.4, 0.5) is 0 Å². The summed E-state index contributed by atoms with van der Waals surface area (Å²) in [5.74, 6) is -0.0979. The summed E-state index contributed by atoms with van der Waals surface area (Å²) in [5.41, 5.74) is -2.43. The van der Waals surface area contributed by atoms with Crippen molar-refractivity contribution < 1.29 is 14.9 Å². The molecule has 1 aromatic rings. The Morgan fingerprint density at radius 2 is 2.33 bits per heavy atom. The topological polar surface area (TPSA) is 105 Å². The van der Waals surface area contributed by atoms with Gasteiger partial charge in [-0.15, -0.1) is 11.6 Å². The van der Waals surface area contributed by atoms with Gasteiger partial charge in [-0.1, -0.05) is 0 Å². The largest absolute Gasteiger partial charge is 0.393 e. The van der Waals surface area contributed by atoms with Crippen molar-refractivity contribution in [3.05, 3.63) is 33.1 Å². The first-order valence-electron chi connectivity index (χ1n) is 5.36. The maximum atomic E-state index is 11.6. The van der Waals surface area contributed by atoms with E-state index in [4.69, 9.17) is 16.3 Å². The number of alkyl halides is 1. The standard InChI is InChI=1S/C10H13ClN2O5/c11-4-10(5-14)6(15)3-8(18-10)13-2-1-7(16)12-9(13)17/h1-2,6,8,14-15H,3-5H2,(H,12,16,17)/t6-,8+,10+/m0/s1. The Kier molecular flexibility index (Phi) is 3.58. The van der Waals surface area contributed by atoms with Crippen LogP contribution in [0.1, 0.15) is 12.6 Å². The molecule has 1 aromatic heterocycles. The zero-order valence-electron chi connectivity index (χ0n) is 9.38. The second-order valence-electron chi connectivity index (χ2n) is 4.20. The molecular formula is C10H13ClN2O5. The number of aromatic nitrogens is 2. The predicted octanol–water partition coefficient (Wildman–Crippen LogP) is -1.21. The van der Waals surface area contributed by atoms with Gasteiger partial charge in [-0.25, -0.2) is 4.79 Å². The van der Waals surface area contributed by atoms with Gasteiger partial charge in [0.1, 0.15) is 11.8 Å². The zero-order chi connectivity index (χ0) is 13.3. The van der Waals surface area contributed by atoms with Gasteiger partial charge in [-0.3, -0.25) is 14.3 Å². The molecule has 0 amide bonds. The highest BCUT2D eigenvalue weighted by molar-refractivity contribution is 6.18. The predicted molar refractivity (Wildman–Crippen MR) is 62.6 cm³/mol. The van der Waals surface area contributed by atoms with Crippen molar-refractivity contribution in [1.82, 2.24) is 9.55 Å². The van der Waals surface area contributed by atoms with E-state index in [2.05, 4.69) is 4.98 Å². The van der Waals surface area contributed by atoms with Crippen molar-refractivity contribution in [2.75, 3.05) is 12.5 Å². The van der Waals surface area contributed by atoms with Crippen LogP contribution in [0, 0.1) is 0 Å². The van der Waals surface area contributed by atoms with E-state index >= 15 is 0 Å². The van der Waals surface area contributed by atoms with E-state index in [1.165, 1.54) is 12.3 Å². The Hall–Kier alpha value is -1.15. The number of hydrogen-bond donors (Lipinski definition) is 3. The van der Waals surface area contributed by atoms with Crippen LogP contribution < -0.4 is 11.2 Å². The molecule has 2 rings (SSSR count). The zero-order valence-corrected chi connectivity index (χ0v) is 10.1. The molecule has 0 bridgehead atoms. The summed E-state index contributed by atoms with van der Waals surface area (Å²) >= 11 is 5.69. The third-order valence-electron chi connectivity index (χ3n) is 3.06. The summed E-state index contributed by atoms with van der Waals surface area (Å²) in [6.07, 6.45) is -0.362. The number of halogens is 1. The minimum atomic E-state index is -1.28. The lowest BCUT2D eigenvalue weighted by Gasteiger charge is -2.27. The maximum absolute atomic E-state index is 11.6. The molecule has 0 aliphatic carbocycles. The molecular weight excluding hydrogens is 264 g/mol. The molecule has 7 nitrogen and oxygen atoms in total. The monoisotopic (exact) mass is 276 g/mol. The van der Waals surface area contributed by atoms with E-state index in [-0.39, 0.29) is 12.3 Å². The number of hydrogen-bond acceptors (Lipinski definition) is 5. The van der Waals surface area contributed by atoms with E-state index in [9.17, 15) is 19.8 Å². The first-order chi connectivity index (χ1) is 8.52. The van der Waals surface area contributed by atoms with Crippen molar-refractivity contribution in [3.63, 3.8) is 0 Å². The third kappa shape index (κ3) is 2.10. The fourth-order valence-electron chi connectivity index (χ4n) is 1.93. The highest BCUT2D eigenvalue weighted by atomic mass is 35.5. The van der Waals surface area contributed by atoms with Gasteiger partial charge in [0.15, 0.2) is 0 Å². The number of nitrogens with one attached hydrogen (secondary N) is 1. The number of ether oxygens (including phenoxy) is 1. The molecule has 1 fully saturated rings. The number of nitrogens with zero attached hydrogens (tertiary/aromatic N) is 1. The van der Waals surface area contributed by atoms with Crippen LogP contribution in [0.2, 0.25) is 0 Å². The fourth-order valence-corrected chi connectivity index (χ4v) is 2.26. The summed E-state index contributed by atoms with van der Waals surface area (Å²) in [6.45, 7) is -0.452. The van der Waals surface area contributed by atoms with E-state index in [1.807, 2.05) is 0 Å². The molecule has 1 saturated heterocycles. The van der Waals surface area contributed by atoms with Gasteiger partial charge < -0.3 is 14.9 Å². The van der Waals surface area contributed by atoms with Gasteiger partial charge >= 0.3 is 5.69 Å². The van der Waals surface area contributed by atoms with E-state index in [0.717, 1.165) is 4.57 Å². The highest BCUT2D eigenvalue weighted by Gasteiger charge is 2.48. The van der Waals surface area contributed by atoms with E-state index in [0.29, 0.717) is 0 Å². The molecule has 0 unspecified atom stereocenters. The molecule has 100 valence electrons. The molecule has 0 spiro atoms. The van der Waals surface area contributed by atoms with Gasteiger partial charge in [-0.05, 0) is 0 Å². The molecule has 0 saturated carbocycles. The lowest BCUT2D eigenvalue weighted by molar-refractivity contribution is -0.114. The van der Waals surface area contributed by atoms with Gasteiger partial charge in [0, 0.05) is 18.7 Å². The number of aliphatic hydroxyl groups excluding tert-OH is 2. The van der Waals surface area contributed by atoms with Crippen LogP contribution in [0.5, 0.6) is 0 Å². The summed E-state index contributed by atoms with van der Waals surface area (Å²) < 4.78 is 6.62. The first-order valence-corrected chi connectivity index (χ1v) is 5.90. The third-order valence-corrected chi connectivity index (χ3v) is 3.51. The number of H-pyrrole nitrogens is 1. The summed E-state index contributed by atoms with van der Waals surface area (Å²) in [7, 11) is 0. The highest BCUT2D eigenvalue weighted by Crippen LogP contribution is 2.36. The lowest BCUT2D eigenvalue weighted by atomic mass is 10.0. The van der Waals surface area contributed by atoms with Crippen molar-refractivity contribution in [1.29, 1.82) is 0 Å². The number of rotatable bonds is 3. The second-order valence-corrected chi connectivity index (χ2v) is 4.47. The lowest BCUT2D eigenvalue weighted by Crippen LogP contribution is -2.45. The quantitative estimate of drug-likeness (QED) is 0.601. The van der Waals surface area contributed by atoms with Crippen molar-refractivity contribution in [2.24, 2.45) is 0 Å². The van der Waals surface area contributed by atoms with Gasteiger partial charge in [0.25, 0.3) is 5.56 Å². The van der Waals surface area contributed by atoms with Crippen molar-refractivity contribution >= 4 is 11.6 Å². The van der Waals surface area contributed by atoms with Gasteiger partial charge in [-0.2, -0.15) is 0 Å². The molecule has 3 atom stereocenters. The van der Waals surface area contributed by atoms with Gasteiger partial charge in [0.05, 0.1) is 18.6 Å². The molecule has 0 aromatic carbocycles. The number of aromatic amines is 1. The Labute approximate surface area is 107 Å². The summed E-state index contributed by atoms with van der Waals surface area (Å²) in [4.78, 5) is 24.6. The van der Waals surface area contributed by atoms with E-state index < -0.39 is 35.8 Å². The maximum Gasteiger partial charge on any atom is 0.330 e. The molecule has 1 aliphatic rings. The normalized spacial score (nSPS) is 31.7. The van der Waals surface area contributed by atoms with Crippen LogP contribution in [-0.4, -0.2) is 44.0 Å². The molecule has 18 heavy (non-hydrogen) atoms. The minimum Gasteiger partial charge on any atom is -0.393 e. The Bertz CT molecular complexity index is 536. The van der Waals surface area contributed by atoms with Crippen LogP contribution >= 0.6 is 11.6 Å². The average Bonchev–Trinajstić information content (AvgIpc) is 2.67. The summed E-state index contributed by atoms with van der Waals surface area (Å²) in [5, 5.41) is 19.1. The average molecular weight is 277 g/mol. The van der Waals surface area contributed by atoms with E-state index in [1.54, 1.807) is 0 Å². The smallest absolute Gasteiger partial charge is 0.330 e. The van der Waals surface area contributed by atoms with Crippen LogP contribution in [0.3, 0.4) is 0 Å². The Balaban J connectivity index is 2.32. The van der Waals surface area contributed by atoms with Crippen molar-refractivity contribution in [3.8, 4) is 0 Å². The van der Waals surface area contributed by atoms with Crippen LogP contribution in [-0.2, 0) is 4.74 Å². The van der Waals surface area contributed by atoms with Crippen LogP contribution in [0.25, 0.3) is 0 Å².